The Labute approximate surface area is 146 Å². The van der Waals surface area contributed by atoms with Crippen LogP contribution in [-0.4, -0.2) is 32.2 Å². The Balaban J connectivity index is 1.75. The van der Waals surface area contributed by atoms with Crippen molar-refractivity contribution in [3.05, 3.63) is 29.5 Å². The third-order valence-corrected chi connectivity index (χ3v) is 5.44. The zero-order valence-corrected chi connectivity index (χ0v) is 14.7. The lowest BCUT2D eigenvalue weighted by Gasteiger charge is -2.14. The van der Waals surface area contributed by atoms with Crippen LogP contribution in [0.2, 0.25) is 0 Å². The van der Waals surface area contributed by atoms with Crippen LogP contribution in [0.1, 0.15) is 63.3 Å². The van der Waals surface area contributed by atoms with E-state index in [-0.39, 0.29) is 6.42 Å². The highest BCUT2D eigenvalue weighted by atomic mass is 16.7. The first-order chi connectivity index (χ1) is 12.0. The summed E-state index contributed by atoms with van der Waals surface area (Å²) in [5.41, 5.74) is 2.56. The predicted molar refractivity (Wildman–Crippen MR) is 94.9 cm³/mol. The van der Waals surface area contributed by atoms with Gasteiger partial charge in [-0.15, -0.1) is 0 Å². The molecule has 0 radical (unpaired) electrons. The SMILES string of the molecule is CCc1nn(C2CCCC2)c2cc(C3=NOC(C)(C(=O)O)C3)ccc12. The Kier molecular flexibility index (Phi) is 3.78. The molecule has 1 fully saturated rings. The number of aromatic nitrogens is 2. The molecule has 0 bridgehead atoms. The fourth-order valence-electron chi connectivity index (χ4n) is 3.88. The standard InChI is InChI=1S/C19H23N3O3/c1-3-15-14-9-8-12(16-11-19(2,18(23)24)25-21-16)10-17(14)22(20-15)13-6-4-5-7-13/h8-10,13H,3-7,11H2,1-2H3,(H,23,24). The summed E-state index contributed by atoms with van der Waals surface area (Å²) in [7, 11) is 0. The molecule has 4 rings (SSSR count). The van der Waals surface area contributed by atoms with Gasteiger partial charge in [0.2, 0.25) is 5.60 Å². The topological polar surface area (TPSA) is 76.7 Å². The molecule has 0 spiro atoms. The molecule has 2 heterocycles. The molecule has 2 aliphatic rings. The van der Waals surface area contributed by atoms with E-state index in [0.29, 0.717) is 11.8 Å². The molecule has 2 aromatic rings. The summed E-state index contributed by atoms with van der Waals surface area (Å²) in [4.78, 5) is 16.6. The summed E-state index contributed by atoms with van der Waals surface area (Å²) in [6, 6.07) is 6.64. The average molecular weight is 341 g/mol. The Hall–Kier alpha value is -2.37. The summed E-state index contributed by atoms with van der Waals surface area (Å²) in [6.45, 7) is 3.68. The minimum Gasteiger partial charge on any atom is -0.478 e. The number of benzene rings is 1. The van der Waals surface area contributed by atoms with Crippen molar-refractivity contribution < 1.29 is 14.7 Å². The van der Waals surface area contributed by atoms with Gasteiger partial charge in [0, 0.05) is 17.4 Å². The molecule has 6 nitrogen and oxygen atoms in total. The highest BCUT2D eigenvalue weighted by Crippen LogP contribution is 2.34. The number of nitrogens with zero attached hydrogens (tertiary/aromatic N) is 3. The van der Waals surface area contributed by atoms with Crippen LogP contribution < -0.4 is 0 Å². The van der Waals surface area contributed by atoms with Crippen LogP contribution in [0.4, 0.5) is 0 Å². The molecule has 1 aliphatic heterocycles. The third-order valence-electron chi connectivity index (χ3n) is 5.44. The normalized spacial score (nSPS) is 23.8. The minimum absolute atomic E-state index is 0.270. The fraction of sp³-hybridized carbons (Fsp3) is 0.526. The van der Waals surface area contributed by atoms with Crippen LogP contribution >= 0.6 is 0 Å². The summed E-state index contributed by atoms with van der Waals surface area (Å²) in [5.74, 6) is -0.989. The van der Waals surface area contributed by atoms with Gasteiger partial charge in [-0.25, -0.2) is 4.79 Å². The van der Waals surface area contributed by atoms with E-state index < -0.39 is 11.6 Å². The molecule has 1 aromatic heterocycles. The van der Waals surface area contributed by atoms with Crippen LogP contribution in [0.15, 0.2) is 23.4 Å². The van der Waals surface area contributed by atoms with Gasteiger partial charge in [-0.05, 0) is 32.3 Å². The number of fused-ring (bicyclic) bond motifs is 1. The molecule has 0 saturated heterocycles. The van der Waals surface area contributed by atoms with Gasteiger partial charge < -0.3 is 9.94 Å². The quantitative estimate of drug-likeness (QED) is 0.920. The molecule has 25 heavy (non-hydrogen) atoms. The Bertz CT molecular complexity index is 864. The number of hydrogen-bond acceptors (Lipinski definition) is 4. The van der Waals surface area contributed by atoms with Crippen LogP contribution in [0.3, 0.4) is 0 Å². The molecule has 1 aromatic carbocycles. The molecular formula is C19H23N3O3. The van der Waals surface area contributed by atoms with Crippen molar-refractivity contribution >= 4 is 22.6 Å². The predicted octanol–water partition coefficient (Wildman–Crippen LogP) is 3.68. The van der Waals surface area contributed by atoms with E-state index in [9.17, 15) is 9.90 Å². The van der Waals surface area contributed by atoms with Crippen LogP contribution in [0.25, 0.3) is 10.9 Å². The smallest absolute Gasteiger partial charge is 0.351 e. The first-order valence-electron chi connectivity index (χ1n) is 9.02. The summed E-state index contributed by atoms with van der Waals surface area (Å²) in [5, 5.41) is 19.4. The van der Waals surface area contributed by atoms with Gasteiger partial charge in [0.1, 0.15) is 0 Å². The molecule has 1 unspecified atom stereocenters. The van der Waals surface area contributed by atoms with Crippen molar-refractivity contribution in [3.63, 3.8) is 0 Å². The zero-order chi connectivity index (χ0) is 17.6. The van der Waals surface area contributed by atoms with Crippen molar-refractivity contribution in [1.29, 1.82) is 0 Å². The van der Waals surface area contributed by atoms with Gasteiger partial charge in [-0.3, -0.25) is 4.68 Å². The molecule has 1 saturated carbocycles. The van der Waals surface area contributed by atoms with E-state index in [2.05, 4.69) is 28.9 Å². The third kappa shape index (κ3) is 2.60. The molecule has 1 N–H and O–H groups in total. The Morgan fingerprint density at radius 2 is 2.16 bits per heavy atom. The van der Waals surface area contributed by atoms with Crippen molar-refractivity contribution in [2.24, 2.45) is 5.16 Å². The lowest BCUT2D eigenvalue weighted by atomic mass is 9.95. The van der Waals surface area contributed by atoms with E-state index in [1.165, 1.54) is 31.1 Å². The largest absolute Gasteiger partial charge is 0.478 e. The summed E-state index contributed by atoms with van der Waals surface area (Å²) < 4.78 is 2.18. The first kappa shape index (κ1) is 16.1. The number of rotatable bonds is 4. The Morgan fingerprint density at radius 1 is 1.40 bits per heavy atom. The van der Waals surface area contributed by atoms with Crippen molar-refractivity contribution in [1.82, 2.24) is 9.78 Å². The number of carboxylic acids is 1. The number of hydrogen-bond donors (Lipinski definition) is 1. The highest BCUT2D eigenvalue weighted by Gasteiger charge is 2.42. The molecule has 1 aliphatic carbocycles. The first-order valence-corrected chi connectivity index (χ1v) is 9.02. The number of aryl methyl sites for hydroxylation is 1. The van der Waals surface area contributed by atoms with E-state index in [1.807, 2.05) is 6.07 Å². The average Bonchev–Trinajstić information content (AvgIpc) is 3.32. The highest BCUT2D eigenvalue weighted by molar-refractivity contribution is 6.06. The lowest BCUT2D eigenvalue weighted by molar-refractivity contribution is -0.160. The van der Waals surface area contributed by atoms with E-state index in [1.54, 1.807) is 6.92 Å². The van der Waals surface area contributed by atoms with E-state index in [4.69, 9.17) is 9.94 Å². The van der Waals surface area contributed by atoms with E-state index >= 15 is 0 Å². The van der Waals surface area contributed by atoms with Gasteiger partial charge in [-0.1, -0.05) is 37.1 Å². The monoisotopic (exact) mass is 341 g/mol. The second kappa shape index (κ2) is 5.86. The number of carboxylic acid groups (broad SMARTS) is 1. The number of aliphatic carboxylic acids is 1. The molecule has 0 amide bonds. The van der Waals surface area contributed by atoms with Crippen molar-refractivity contribution in [3.8, 4) is 0 Å². The summed E-state index contributed by atoms with van der Waals surface area (Å²) in [6.07, 6.45) is 6.02. The maximum absolute atomic E-state index is 11.4. The second-order valence-electron chi connectivity index (χ2n) is 7.26. The van der Waals surface area contributed by atoms with Crippen molar-refractivity contribution in [2.45, 2.75) is 64.0 Å². The van der Waals surface area contributed by atoms with Gasteiger partial charge in [0.25, 0.3) is 0 Å². The van der Waals surface area contributed by atoms with Gasteiger partial charge >= 0.3 is 5.97 Å². The Morgan fingerprint density at radius 3 is 2.80 bits per heavy atom. The van der Waals surface area contributed by atoms with Gasteiger partial charge in [-0.2, -0.15) is 5.10 Å². The van der Waals surface area contributed by atoms with Crippen LogP contribution in [0.5, 0.6) is 0 Å². The summed E-state index contributed by atoms with van der Waals surface area (Å²) >= 11 is 0. The van der Waals surface area contributed by atoms with Crippen LogP contribution in [0, 0.1) is 0 Å². The van der Waals surface area contributed by atoms with Crippen LogP contribution in [-0.2, 0) is 16.1 Å². The minimum atomic E-state index is -1.27. The maximum Gasteiger partial charge on any atom is 0.351 e. The second-order valence-corrected chi connectivity index (χ2v) is 7.26. The van der Waals surface area contributed by atoms with Gasteiger partial charge in [0.05, 0.1) is 23.0 Å². The number of carbonyl (C=O) groups is 1. The number of oxime groups is 1. The molecule has 132 valence electrons. The molecular weight excluding hydrogens is 318 g/mol. The molecule has 6 heteroatoms. The van der Waals surface area contributed by atoms with E-state index in [0.717, 1.165) is 23.2 Å². The zero-order valence-electron chi connectivity index (χ0n) is 14.7. The maximum atomic E-state index is 11.4. The fourth-order valence-corrected chi connectivity index (χ4v) is 3.88. The lowest BCUT2D eigenvalue weighted by Crippen LogP contribution is -2.35. The van der Waals surface area contributed by atoms with Crippen molar-refractivity contribution in [2.75, 3.05) is 0 Å². The van der Waals surface area contributed by atoms with Gasteiger partial charge in [0.15, 0.2) is 0 Å². The molecule has 1 atom stereocenters.